The van der Waals surface area contributed by atoms with E-state index in [2.05, 4.69) is 0 Å². The number of anilines is 1. The van der Waals surface area contributed by atoms with Crippen LogP contribution in [0.4, 0.5) is 18.9 Å². The molecular formula is C16H12F3NO3. The van der Waals surface area contributed by atoms with Crippen LogP contribution in [0.25, 0.3) is 0 Å². The summed E-state index contributed by atoms with van der Waals surface area (Å²) in [5, 5.41) is 1.97. The molecule has 120 valence electrons. The van der Waals surface area contributed by atoms with Crippen molar-refractivity contribution in [1.29, 1.82) is 0 Å². The molecule has 0 aliphatic carbocycles. The average Bonchev–Trinajstić information content (AvgIpc) is 2.49. The van der Waals surface area contributed by atoms with Gasteiger partial charge in [0, 0.05) is 17.7 Å². The molecule has 0 radical (unpaired) electrons. The van der Waals surface area contributed by atoms with E-state index in [1.165, 1.54) is 19.1 Å². The highest BCUT2D eigenvalue weighted by Gasteiger charge is 2.14. The zero-order valence-electron chi connectivity index (χ0n) is 12.0. The van der Waals surface area contributed by atoms with Gasteiger partial charge >= 0.3 is 0 Å². The van der Waals surface area contributed by atoms with Gasteiger partial charge in [0.05, 0.1) is 0 Å². The number of hydrogen-bond donors (Lipinski definition) is 1. The van der Waals surface area contributed by atoms with Crippen molar-refractivity contribution in [1.82, 2.24) is 0 Å². The number of halogens is 3. The lowest BCUT2D eigenvalue weighted by atomic mass is 10.1. The van der Waals surface area contributed by atoms with Crippen LogP contribution in [0, 0.1) is 17.5 Å². The molecule has 0 saturated heterocycles. The first-order valence-corrected chi connectivity index (χ1v) is 6.55. The van der Waals surface area contributed by atoms with Gasteiger partial charge in [-0.05, 0) is 19.1 Å². The van der Waals surface area contributed by atoms with E-state index in [1.807, 2.05) is 5.32 Å². The molecule has 4 nitrogen and oxygen atoms in total. The summed E-state index contributed by atoms with van der Waals surface area (Å²) < 4.78 is 44.7. The number of hydrogen-bond acceptors (Lipinski definition) is 3. The molecule has 2 rings (SSSR count). The van der Waals surface area contributed by atoms with E-state index < -0.39 is 35.7 Å². The summed E-state index contributed by atoms with van der Waals surface area (Å²) in [6, 6.07) is 7.03. The van der Waals surface area contributed by atoms with Crippen molar-refractivity contribution in [2.45, 2.75) is 6.92 Å². The Kier molecular flexibility index (Phi) is 5.00. The summed E-state index contributed by atoms with van der Waals surface area (Å²) in [5.74, 6) is -4.29. The zero-order chi connectivity index (χ0) is 17.0. The number of rotatable bonds is 5. The van der Waals surface area contributed by atoms with Crippen LogP contribution >= 0.6 is 0 Å². The first-order valence-electron chi connectivity index (χ1n) is 6.55. The molecule has 1 N–H and O–H groups in total. The topological polar surface area (TPSA) is 55.4 Å². The number of Topliss-reactive ketones (excluding diaryl/α,β-unsaturated/α-hetero) is 1. The molecule has 0 heterocycles. The summed E-state index contributed by atoms with van der Waals surface area (Å²) in [5.41, 5.74) is -0.351. The number of ketones is 1. The molecule has 23 heavy (non-hydrogen) atoms. The van der Waals surface area contributed by atoms with Crippen molar-refractivity contribution in [3.05, 3.63) is 59.4 Å². The smallest absolute Gasteiger partial charge is 0.262 e. The summed E-state index contributed by atoms with van der Waals surface area (Å²) in [6.45, 7) is 0.851. The molecule has 2 aromatic rings. The van der Waals surface area contributed by atoms with Gasteiger partial charge in [-0.25, -0.2) is 13.2 Å². The molecule has 0 aliphatic rings. The highest BCUT2D eigenvalue weighted by Crippen LogP contribution is 2.20. The van der Waals surface area contributed by atoms with E-state index >= 15 is 0 Å². The highest BCUT2D eigenvalue weighted by molar-refractivity contribution is 5.94. The lowest BCUT2D eigenvalue weighted by Crippen LogP contribution is -2.21. The van der Waals surface area contributed by atoms with Crippen LogP contribution in [0.3, 0.4) is 0 Å². The Hall–Kier alpha value is -2.83. The number of ether oxygens (including phenoxy) is 1. The van der Waals surface area contributed by atoms with Crippen LogP contribution in [0.1, 0.15) is 17.3 Å². The molecule has 0 fully saturated rings. The third kappa shape index (κ3) is 4.32. The minimum absolute atomic E-state index is 0.171. The molecular weight excluding hydrogens is 311 g/mol. The predicted molar refractivity (Wildman–Crippen MR) is 76.9 cm³/mol. The van der Waals surface area contributed by atoms with Crippen LogP contribution in [0.5, 0.6) is 5.75 Å². The van der Waals surface area contributed by atoms with Gasteiger partial charge in [0.2, 0.25) is 0 Å². The van der Waals surface area contributed by atoms with E-state index in [1.54, 1.807) is 12.1 Å². The van der Waals surface area contributed by atoms with Gasteiger partial charge in [-0.3, -0.25) is 9.59 Å². The fraction of sp³-hybridized carbons (Fsp3) is 0.125. The van der Waals surface area contributed by atoms with E-state index in [0.717, 1.165) is 0 Å². The number of nitrogens with one attached hydrogen (secondary N) is 1. The first-order chi connectivity index (χ1) is 10.9. The Morgan fingerprint density at radius 2 is 1.74 bits per heavy atom. The molecule has 0 spiro atoms. The molecule has 7 heteroatoms. The Bertz CT molecular complexity index is 739. The Balaban J connectivity index is 2.01. The van der Waals surface area contributed by atoms with Crippen LogP contribution in [0.15, 0.2) is 36.4 Å². The summed E-state index contributed by atoms with van der Waals surface area (Å²) in [6.07, 6.45) is 0. The monoisotopic (exact) mass is 323 g/mol. The SMILES string of the molecule is CC(=O)c1cccc(OCC(=O)Nc2c(F)cc(F)cc2F)c1. The second kappa shape index (κ2) is 6.95. The Labute approximate surface area is 129 Å². The summed E-state index contributed by atoms with van der Waals surface area (Å²) >= 11 is 0. The van der Waals surface area contributed by atoms with Crippen molar-refractivity contribution in [2.24, 2.45) is 0 Å². The highest BCUT2D eigenvalue weighted by atomic mass is 19.1. The molecule has 2 aromatic carbocycles. The minimum atomic E-state index is -1.23. The van der Waals surface area contributed by atoms with Gasteiger partial charge in [-0.1, -0.05) is 12.1 Å². The quantitative estimate of drug-likeness (QED) is 0.859. The number of amides is 1. The van der Waals surface area contributed by atoms with Crippen LogP contribution < -0.4 is 10.1 Å². The van der Waals surface area contributed by atoms with Crippen molar-refractivity contribution in [3.8, 4) is 5.75 Å². The molecule has 1 amide bonds. The third-order valence-electron chi connectivity index (χ3n) is 2.88. The van der Waals surface area contributed by atoms with Gasteiger partial charge in [-0.15, -0.1) is 0 Å². The molecule has 0 aliphatic heterocycles. The largest absolute Gasteiger partial charge is 0.484 e. The zero-order valence-corrected chi connectivity index (χ0v) is 12.0. The van der Waals surface area contributed by atoms with Crippen molar-refractivity contribution < 1.29 is 27.5 Å². The minimum Gasteiger partial charge on any atom is -0.484 e. The van der Waals surface area contributed by atoms with Crippen LogP contribution in [0.2, 0.25) is 0 Å². The summed E-state index contributed by atoms with van der Waals surface area (Å²) in [4.78, 5) is 22.9. The van der Waals surface area contributed by atoms with E-state index in [0.29, 0.717) is 17.7 Å². The van der Waals surface area contributed by atoms with Gasteiger partial charge in [-0.2, -0.15) is 0 Å². The average molecular weight is 323 g/mol. The van der Waals surface area contributed by atoms with Crippen LogP contribution in [-0.4, -0.2) is 18.3 Å². The normalized spacial score (nSPS) is 10.3. The lowest BCUT2D eigenvalue weighted by Gasteiger charge is -2.09. The lowest BCUT2D eigenvalue weighted by molar-refractivity contribution is -0.118. The van der Waals surface area contributed by atoms with Crippen molar-refractivity contribution >= 4 is 17.4 Å². The predicted octanol–water partition coefficient (Wildman–Crippen LogP) is 3.32. The fourth-order valence-corrected chi connectivity index (χ4v) is 1.79. The number of benzene rings is 2. The van der Waals surface area contributed by atoms with Crippen LogP contribution in [-0.2, 0) is 4.79 Å². The molecule has 0 atom stereocenters. The van der Waals surface area contributed by atoms with Crippen molar-refractivity contribution in [2.75, 3.05) is 11.9 Å². The number of carbonyl (C=O) groups is 2. The number of carbonyl (C=O) groups excluding carboxylic acids is 2. The third-order valence-corrected chi connectivity index (χ3v) is 2.88. The molecule has 0 bridgehead atoms. The fourth-order valence-electron chi connectivity index (χ4n) is 1.79. The molecule has 0 aromatic heterocycles. The van der Waals surface area contributed by atoms with Gasteiger partial charge < -0.3 is 10.1 Å². The Morgan fingerprint density at radius 3 is 2.35 bits per heavy atom. The maximum atomic E-state index is 13.4. The van der Waals surface area contributed by atoms with E-state index in [-0.39, 0.29) is 11.5 Å². The van der Waals surface area contributed by atoms with Gasteiger partial charge in [0.15, 0.2) is 24.0 Å². The first kappa shape index (κ1) is 16.5. The second-order valence-corrected chi connectivity index (χ2v) is 4.67. The molecule has 0 saturated carbocycles. The van der Waals surface area contributed by atoms with E-state index in [9.17, 15) is 22.8 Å². The van der Waals surface area contributed by atoms with E-state index in [4.69, 9.17) is 4.74 Å². The standard InChI is InChI=1S/C16H12F3NO3/c1-9(21)10-3-2-4-12(5-10)23-8-15(22)20-16-13(18)6-11(17)7-14(16)19/h2-7H,8H2,1H3,(H,20,22). The maximum absolute atomic E-state index is 13.4. The van der Waals surface area contributed by atoms with Gasteiger partial charge in [0.25, 0.3) is 5.91 Å². The van der Waals surface area contributed by atoms with Crippen molar-refractivity contribution in [3.63, 3.8) is 0 Å². The summed E-state index contributed by atoms with van der Waals surface area (Å²) in [7, 11) is 0. The van der Waals surface area contributed by atoms with Gasteiger partial charge in [0.1, 0.15) is 17.3 Å². The molecule has 0 unspecified atom stereocenters. The Morgan fingerprint density at radius 1 is 1.09 bits per heavy atom. The maximum Gasteiger partial charge on any atom is 0.262 e. The second-order valence-electron chi connectivity index (χ2n) is 4.67.